The molecule has 1 N–H and O–H groups in total. The van der Waals surface area contributed by atoms with Gasteiger partial charge in [0.1, 0.15) is 5.69 Å². The largest absolute Gasteiger partial charge is 0.503 e. The van der Waals surface area contributed by atoms with E-state index in [4.69, 9.17) is 27.9 Å². The molecule has 2 aliphatic heterocycles. The van der Waals surface area contributed by atoms with E-state index in [1.54, 1.807) is 26.8 Å². The number of benzene rings is 2. The maximum atomic E-state index is 15.2. The van der Waals surface area contributed by atoms with Crippen LogP contribution in [0.2, 0.25) is 0 Å². The Morgan fingerprint density at radius 1 is 0.896 bits per heavy atom. The Labute approximate surface area is 296 Å². The SMILES string of the molecule is COc1cc([C@H]2C3=CC[C@@H]4C(=O)N(C(C)(C)C)C(=O)[C@@H]4[C@@H]3C[C@@]3(Cl)C(=O)N(c4c(F)c(F)c(F)c(F)c4F)C(=O)[C@@]23Cl)c(Br)c(Br)c1O. The van der Waals surface area contributed by atoms with E-state index in [2.05, 4.69) is 31.9 Å². The first kappa shape index (κ1) is 35.1. The molecular weight excluding hydrogens is 822 g/mol. The molecular formula is C31H23Br2Cl2F5N2O6. The van der Waals surface area contributed by atoms with Crippen molar-refractivity contribution in [3.05, 3.63) is 61.3 Å². The van der Waals surface area contributed by atoms with Gasteiger partial charge in [0.15, 0.2) is 44.5 Å². The zero-order valence-corrected chi connectivity index (χ0v) is 29.8. The molecule has 0 unspecified atom stereocenters. The summed E-state index contributed by atoms with van der Waals surface area (Å²) in [5.74, 6) is -21.8. The fraction of sp³-hybridized carbons (Fsp3) is 0.419. The van der Waals surface area contributed by atoms with Crippen LogP contribution in [0.5, 0.6) is 11.5 Å². The van der Waals surface area contributed by atoms with E-state index in [0.29, 0.717) is 0 Å². The normalized spacial score (nSPS) is 30.1. The van der Waals surface area contributed by atoms with Crippen molar-refractivity contribution in [1.29, 1.82) is 0 Å². The monoisotopic (exact) mass is 842 g/mol. The van der Waals surface area contributed by atoms with Crippen molar-refractivity contribution < 1.29 is 51.0 Å². The van der Waals surface area contributed by atoms with Gasteiger partial charge in [-0.05, 0) is 83.0 Å². The molecule has 2 saturated heterocycles. The van der Waals surface area contributed by atoms with E-state index in [1.807, 2.05) is 0 Å². The van der Waals surface area contributed by atoms with Crippen molar-refractivity contribution in [2.75, 3.05) is 12.0 Å². The number of phenolic OH excluding ortho intramolecular Hbond substituents is 1. The number of phenols is 1. The third kappa shape index (κ3) is 4.28. The molecule has 3 fully saturated rings. The number of hydrogen-bond donors (Lipinski definition) is 1. The van der Waals surface area contributed by atoms with Crippen LogP contribution < -0.4 is 9.64 Å². The minimum absolute atomic E-state index is 0.00637. The van der Waals surface area contributed by atoms with E-state index >= 15 is 8.78 Å². The summed E-state index contributed by atoms with van der Waals surface area (Å²) in [6, 6.07) is 1.26. The molecule has 2 aliphatic carbocycles. The van der Waals surface area contributed by atoms with Crippen LogP contribution in [0, 0.1) is 46.8 Å². The number of amides is 4. The second-order valence-electron chi connectivity index (χ2n) is 13.0. The van der Waals surface area contributed by atoms with E-state index in [-0.39, 0.29) is 37.2 Å². The van der Waals surface area contributed by atoms with E-state index < -0.39 is 110 Å². The Kier molecular flexibility index (Phi) is 8.13. The van der Waals surface area contributed by atoms with Crippen molar-refractivity contribution in [3.8, 4) is 11.5 Å². The number of carbonyl (C=O) groups excluding carboxylic acids is 4. The van der Waals surface area contributed by atoms with Crippen molar-refractivity contribution >= 4 is 84.4 Å². The molecule has 6 rings (SSSR count). The van der Waals surface area contributed by atoms with Crippen LogP contribution in [0.1, 0.15) is 45.1 Å². The fourth-order valence-corrected chi connectivity index (χ4v) is 9.43. The molecule has 1 saturated carbocycles. The number of ether oxygens (including phenoxy) is 1. The number of hydrogen-bond acceptors (Lipinski definition) is 6. The van der Waals surface area contributed by atoms with Gasteiger partial charge in [0, 0.05) is 15.9 Å². The summed E-state index contributed by atoms with van der Waals surface area (Å²) in [6.45, 7) is 4.97. The first-order valence-corrected chi connectivity index (χ1v) is 16.6. The molecule has 2 aromatic rings. The van der Waals surface area contributed by atoms with Gasteiger partial charge in [-0.3, -0.25) is 24.1 Å². The summed E-state index contributed by atoms with van der Waals surface area (Å²) in [4.78, 5) is 51.8. The van der Waals surface area contributed by atoms with Gasteiger partial charge in [-0.1, -0.05) is 11.6 Å². The number of imide groups is 2. The predicted molar refractivity (Wildman–Crippen MR) is 168 cm³/mol. The quantitative estimate of drug-likeness (QED) is 0.0894. The van der Waals surface area contributed by atoms with Crippen molar-refractivity contribution in [3.63, 3.8) is 0 Å². The Morgan fingerprint density at radius 3 is 2.00 bits per heavy atom. The maximum absolute atomic E-state index is 15.2. The van der Waals surface area contributed by atoms with Crippen LogP contribution in [0.25, 0.3) is 0 Å². The third-order valence-electron chi connectivity index (χ3n) is 9.60. The highest BCUT2D eigenvalue weighted by Gasteiger charge is 2.77. The van der Waals surface area contributed by atoms with Gasteiger partial charge in [0.2, 0.25) is 17.6 Å². The van der Waals surface area contributed by atoms with Crippen molar-refractivity contribution in [2.45, 2.75) is 54.8 Å². The summed E-state index contributed by atoms with van der Waals surface area (Å²) in [7, 11) is 1.22. The highest BCUT2D eigenvalue weighted by atomic mass is 79.9. The van der Waals surface area contributed by atoms with E-state index in [1.165, 1.54) is 13.2 Å². The summed E-state index contributed by atoms with van der Waals surface area (Å²) in [5.41, 5.74) is -2.54. The minimum Gasteiger partial charge on any atom is -0.503 e. The van der Waals surface area contributed by atoms with Crippen molar-refractivity contribution in [2.24, 2.45) is 17.8 Å². The number of halogens is 9. The maximum Gasteiger partial charge on any atom is 0.258 e. The lowest BCUT2D eigenvalue weighted by Gasteiger charge is -2.51. The van der Waals surface area contributed by atoms with Crippen LogP contribution in [-0.2, 0) is 19.2 Å². The first-order chi connectivity index (χ1) is 22.2. The molecule has 0 bridgehead atoms. The molecule has 0 spiro atoms. The molecule has 4 amide bonds. The number of likely N-dealkylation sites (tertiary alicyclic amines) is 1. The number of anilines is 1. The number of aromatic hydroxyl groups is 1. The Hall–Kier alpha value is -2.75. The fourth-order valence-electron chi connectivity index (χ4n) is 7.55. The zero-order valence-electron chi connectivity index (χ0n) is 25.2. The average Bonchev–Trinajstić information content (AvgIpc) is 3.37. The van der Waals surface area contributed by atoms with Gasteiger partial charge in [-0.15, -0.1) is 23.2 Å². The Balaban J connectivity index is 1.65. The van der Waals surface area contributed by atoms with Gasteiger partial charge in [0.05, 0.1) is 23.4 Å². The topological polar surface area (TPSA) is 104 Å². The van der Waals surface area contributed by atoms with Gasteiger partial charge in [-0.25, -0.2) is 26.9 Å². The van der Waals surface area contributed by atoms with Gasteiger partial charge in [0.25, 0.3) is 11.8 Å². The third-order valence-corrected chi connectivity index (χ3v) is 13.2. The molecule has 0 radical (unpaired) electrons. The highest BCUT2D eigenvalue weighted by Crippen LogP contribution is 2.67. The standard InChI is InChI=1S/C31H23Br2Cl2F5N2O6/c1-29(2,3)42-25(44)10-6-5-9-12(14(10)26(42)45)8-30(34)27(46)41(23-21(39)19(37)18(36)20(38)22(23)40)28(47)31(30,35)15(9)11-7-13(48-4)24(43)17(33)16(11)32/h5,7,10,12,14-15,43H,6,8H2,1-4H3/t10-,12+,14-,15+,30+,31-/m0/s1. The molecule has 2 aromatic carbocycles. The molecule has 48 heavy (non-hydrogen) atoms. The summed E-state index contributed by atoms with van der Waals surface area (Å²) < 4.78 is 78.7. The van der Waals surface area contributed by atoms with Crippen LogP contribution in [0.3, 0.4) is 0 Å². The van der Waals surface area contributed by atoms with Crippen LogP contribution in [-0.4, -0.2) is 56.0 Å². The lowest BCUT2D eigenvalue weighted by Crippen LogP contribution is -2.60. The van der Waals surface area contributed by atoms with E-state index in [0.717, 1.165) is 4.90 Å². The molecule has 8 nitrogen and oxygen atoms in total. The molecule has 0 aromatic heterocycles. The number of fused-ring (bicyclic) bond motifs is 4. The first-order valence-electron chi connectivity index (χ1n) is 14.3. The number of allylic oxidation sites excluding steroid dienone is 2. The summed E-state index contributed by atoms with van der Waals surface area (Å²) >= 11 is 20.9. The Morgan fingerprint density at radius 2 is 1.46 bits per heavy atom. The van der Waals surface area contributed by atoms with Gasteiger partial charge >= 0.3 is 0 Å². The second kappa shape index (κ2) is 11.1. The lowest BCUT2D eigenvalue weighted by molar-refractivity contribution is -0.145. The molecule has 17 heteroatoms. The average molecular weight is 845 g/mol. The Bertz CT molecular complexity index is 1900. The number of methoxy groups -OCH3 is 1. The summed E-state index contributed by atoms with van der Waals surface area (Å²) in [6.07, 6.45) is 0.930. The van der Waals surface area contributed by atoms with Crippen LogP contribution in [0.15, 0.2) is 26.7 Å². The van der Waals surface area contributed by atoms with Crippen LogP contribution in [0.4, 0.5) is 27.6 Å². The second-order valence-corrected chi connectivity index (χ2v) is 15.8. The van der Waals surface area contributed by atoms with E-state index in [9.17, 15) is 37.5 Å². The molecule has 6 atom stereocenters. The molecule has 4 aliphatic rings. The molecule has 2 heterocycles. The minimum atomic E-state index is -2.74. The van der Waals surface area contributed by atoms with Crippen molar-refractivity contribution in [1.82, 2.24) is 4.90 Å². The lowest BCUT2D eigenvalue weighted by atomic mass is 9.56. The smallest absolute Gasteiger partial charge is 0.258 e. The highest BCUT2D eigenvalue weighted by molar-refractivity contribution is 9.13. The predicted octanol–water partition coefficient (Wildman–Crippen LogP) is 6.98. The number of alkyl halides is 2. The number of nitrogens with zero attached hydrogens (tertiary/aromatic N) is 2. The van der Waals surface area contributed by atoms with Gasteiger partial charge < -0.3 is 9.84 Å². The molecule has 256 valence electrons. The number of rotatable bonds is 3. The summed E-state index contributed by atoms with van der Waals surface area (Å²) in [5, 5.41) is 10.7. The van der Waals surface area contributed by atoms with Gasteiger partial charge in [-0.2, -0.15) is 0 Å². The zero-order chi connectivity index (χ0) is 35.7. The number of carbonyl (C=O) groups is 4. The van der Waals surface area contributed by atoms with Crippen LogP contribution >= 0.6 is 55.1 Å².